The molecule has 4 heteroatoms. The maximum Gasteiger partial charge on any atom is 0.134 e. The zero-order valence-electron chi connectivity index (χ0n) is 10.0. The number of phenols is 2. The average molecular weight is 256 g/mol. The van der Waals surface area contributed by atoms with E-state index in [1.165, 1.54) is 0 Å². The lowest BCUT2D eigenvalue weighted by molar-refractivity contribution is 0.304. The third-order valence-electron chi connectivity index (χ3n) is 2.85. The Morgan fingerprint density at radius 2 is 1.84 bits per heavy atom. The summed E-state index contributed by atoms with van der Waals surface area (Å²) < 4.78 is 11.0. The van der Waals surface area contributed by atoms with E-state index in [0.717, 1.165) is 10.9 Å². The van der Waals surface area contributed by atoms with Crippen molar-refractivity contribution in [2.75, 3.05) is 0 Å². The molecule has 0 atom stereocenters. The smallest absolute Gasteiger partial charge is 0.134 e. The van der Waals surface area contributed by atoms with Gasteiger partial charge in [-0.15, -0.1) is 0 Å². The zero-order chi connectivity index (χ0) is 13.2. The van der Waals surface area contributed by atoms with E-state index in [0.29, 0.717) is 17.9 Å². The first-order valence-corrected chi connectivity index (χ1v) is 5.83. The molecule has 96 valence electrons. The largest absolute Gasteiger partial charge is 0.508 e. The zero-order valence-corrected chi connectivity index (χ0v) is 10.0. The molecule has 2 aromatic carbocycles. The van der Waals surface area contributed by atoms with Crippen LogP contribution in [0.25, 0.3) is 11.0 Å². The van der Waals surface area contributed by atoms with E-state index < -0.39 is 0 Å². The molecule has 0 saturated heterocycles. The highest BCUT2D eigenvalue weighted by molar-refractivity contribution is 5.82. The Morgan fingerprint density at radius 1 is 1.00 bits per heavy atom. The van der Waals surface area contributed by atoms with Gasteiger partial charge in [0.2, 0.25) is 0 Å². The molecule has 0 aliphatic carbocycles. The number of phenolic OH excluding ortho intramolecular Hbond substituents is 2. The number of benzene rings is 2. The van der Waals surface area contributed by atoms with Crippen LogP contribution in [0.3, 0.4) is 0 Å². The maximum atomic E-state index is 9.48. The number of furan rings is 1. The second-order valence-electron chi connectivity index (χ2n) is 4.23. The molecule has 19 heavy (non-hydrogen) atoms. The molecule has 3 aromatic rings. The van der Waals surface area contributed by atoms with Crippen LogP contribution in [-0.4, -0.2) is 10.2 Å². The Bertz CT molecular complexity index is 715. The standard InChI is InChI=1S/C15H12O4/c16-11-2-1-3-13(6-11)18-8-10-9-19-15-5-4-12(17)7-14(10)15/h1-7,9,16-17H,8H2. The van der Waals surface area contributed by atoms with E-state index >= 15 is 0 Å². The summed E-state index contributed by atoms with van der Waals surface area (Å²) in [5.74, 6) is 0.925. The molecule has 0 spiro atoms. The first-order chi connectivity index (χ1) is 9.22. The van der Waals surface area contributed by atoms with E-state index in [-0.39, 0.29) is 11.5 Å². The van der Waals surface area contributed by atoms with Crippen LogP contribution >= 0.6 is 0 Å². The minimum atomic E-state index is 0.159. The lowest BCUT2D eigenvalue weighted by atomic mass is 10.2. The fourth-order valence-electron chi connectivity index (χ4n) is 1.92. The normalized spacial score (nSPS) is 10.7. The molecule has 0 amide bonds. The van der Waals surface area contributed by atoms with Crippen LogP contribution in [0.4, 0.5) is 0 Å². The van der Waals surface area contributed by atoms with Crippen molar-refractivity contribution >= 4 is 11.0 Å². The molecule has 2 N–H and O–H groups in total. The molecular weight excluding hydrogens is 244 g/mol. The number of fused-ring (bicyclic) bond motifs is 1. The molecule has 0 unspecified atom stereocenters. The maximum absolute atomic E-state index is 9.48. The lowest BCUT2D eigenvalue weighted by Gasteiger charge is -2.05. The minimum absolute atomic E-state index is 0.159. The predicted molar refractivity (Wildman–Crippen MR) is 70.3 cm³/mol. The van der Waals surface area contributed by atoms with Crippen molar-refractivity contribution in [3.05, 3.63) is 54.3 Å². The molecule has 0 saturated carbocycles. The van der Waals surface area contributed by atoms with Crippen molar-refractivity contribution in [3.8, 4) is 17.2 Å². The highest BCUT2D eigenvalue weighted by Crippen LogP contribution is 2.26. The summed E-state index contributed by atoms with van der Waals surface area (Å²) in [6.45, 7) is 0.305. The molecule has 0 bridgehead atoms. The van der Waals surface area contributed by atoms with Crippen LogP contribution in [0.1, 0.15) is 5.56 Å². The number of hydrogen-bond donors (Lipinski definition) is 2. The Kier molecular flexibility index (Phi) is 2.76. The van der Waals surface area contributed by atoms with E-state index in [1.54, 1.807) is 48.7 Å². The summed E-state index contributed by atoms with van der Waals surface area (Å²) >= 11 is 0. The van der Waals surface area contributed by atoms with E-state index in [9.17, 15) is 10.2 Å². The van der Waals surface area contributed by atoms with Crippen LogP contribution in [0.15, 0.2) is 53.1 Å². The summed E-state index contributed by atoms with van der Waals surface area (Å²) in [5.41, 5.74) is 1.54. The first-order valence-electron chi connectivity index (χ1n) is 5.83. The molecule has 1 aromatic heterocycles. The summed E-state index contributed by atoms with van der Waals surface area (Å²) in [6, 6.07) is 11.5. The van der Waals surface area contributed by atoms with Gasteiger partial charge in [0, 0.05) is 17.0 Å². The van der Waals surface area contributed by atoms with Gasteiger partial charge in [-0.25, -0.2) is 0 Å². The SMILES string of the molecule is Oc1cccc(OCc2coc3ccc(O)cc23)c1. The van der Waals surface area contributed by atoms with Crippen molar-refractivity contribution in [2.45, 2.75) is 6.61 Å². The van der Waals surface area contributed by atoms with Gasteiger partial charge in [-0.2, -0.15) is 0 Å². The first kappa shape index (κ1) is 11.5. The Hall–Kier alpha value is -2.62. The van der Waals surface area contributed by atoms with Gasteiger partial charge in [0.15, 0.2) is 0 Å². The molecule has 0 aliphatic heterocycles. The van der Waals surface area contributed by atoms with E-state index in [2.05, 4.69) is 0 Å². The fourth-order valence-corrected chi connectivity index (χ4v) is 1.92. The highest BCUT2D eigenvalue weighted by atomic mass is 16.5. The second-order valence-corrected chi connectivity index (χ2v) is 4.23. The Morgan fingerprint density at radius 3 is 2.68 bits per heavy atom. The van der Waals surface area contributed by atoms with Crippen LogP contribution in [-0.2, 0) is 6.61 Å². The van der Waals surface area contributed by atoms with Gasteiger partial charge in [-0.1, -0.05) is 6.07 Å². The molecule has 3 rings (SSSR count). The quantitative estimate of drug-likeness (QED) is 0.753. The van der Waals surface area contributed by atoms with E-state index in [1.807, 2.05) is 0 Å². The predicted octanol–water partition coefficient (Wildman–Crippen LogP) is 3.42. The molecule has 4 nitrogen and oxygen atoms in total. The van der Waals surface area contributed by atoms with Gasteiger partial charge in [-0.3, -0.25) is 0 Å². The Labute approximate surface area is 109 Å². The monoisotopic (exact) mass is 256 g/mol. The van der Waals surface area contributed by atoms with Crippen molar-refractivity contribution in [3.63, 3.8) is 0 Å². The second kappa shape index (κ2) is 4.57. The summed E-state index contributed by atoms with van der Waals surface area (Å²) in [4.78, 5) is 0. The summed E-state index contributed by atoms with van der Waals surface area (Å²) in [6.07, 6.45) is 1.60. The topological polar surface area (TPSA) is 62.8 Å². The van der Waals surface area contributed by atoms with Crippen LogP contribution in [0.2, 0.25) is 0 Å². The lowest BCUT2D eigenvalue weighted by Crippen LogP contribution is -1.93. The molecule has 0 radical (unpaired) electrons. The number of ether oxygens (including phenoxy) is 1. The van der Waals surface area contributed by atoms with Gasteiger partial charge < -0.3 is 19.4 Å². The van der Waals surface area contributed by atoms with E-state index in [4.69, 9.17) is 9.15 Å². The van der Waals surface area contributed by atoms with Crippen LogP contribution < -0.4 is 4.74 Å². The number of rotatable bonds is 3. The average Bonchev–Trinajstić information content (AvgIpc) is 2.79. The number of aromatic hydroxyl groups is 2. The van der Waals surface area contributed by atoms with Gasteiger partial charge in [-0.05, 0) is 30.3 Å². The van der Waals surface area contributed by atoms with Gasteiger partial charge >= 0.3 is 0 Å². The third-order valence-corrected chi connectivity index (χ3v) is 2.85. The minimum Gasteiger partial charge on any atom is -0.508 e. The Balaban J connectivity index is 1.84. The summed E-state index contributed by atoms with van der Waals surface area (Å²) in [5, 5.41) is 19.6. The molecule has 0 aliphatic rings. The van der Waals surface area contributed by atoms with Gasteiger partial charge in [0.1, 0.15) is 29.4 Å². The summed E-state index contributed by atoms with van der Waals surface area (Å²) in [7, 11) is 0. The third kappa shape index (κ3) is 2.33. The number of hydrogen-bond acceptors (Lipinski definition) is 4. The highest BCUT2D eigenvalue weighted by Gasteiger charge is 2.07. The van der Waals surface area contributed by atoms with Crippen molar-refractivity contribution in [1.82, 2.24) is 0 Å². The van der Waals surface area contributed by atoms with Crippen LogP contribution in [0.5, 0.6) is 17.2 Å². The van der Waals surface area contributed by atoms with Gasteiger partial charge in [0.25, 0.3) is 0 Å². The van der Waals surface area contributed by atoms with Gasteiger partial charge in [0.05, 0.1) is 6.26 Å². The molecule has 1 heterocycles. The molecular formula is C15H12O4. The van der Waals surface area contributed by atoms with Crippen molar-refractivity contribution < 1.29 is 19.4 Å². The van der Waals surface area contributed by atoms with Crippen molar-refractivity contribution in [2.24, 2.45) is 0 Å². The fraction of sp³-hybridized carbons (Fsp3) is 0.0667. The van der Waals surface area contributed by atoms with Crippen molar-refractivity contribution in [1.29, 1.82) is 0 Å². The molecule has 0 fully saturated rings. The van der Waals surface area contributed by atoms with Crippen LogP contribution in [0, 0.1) is 0 Å².